The van der Waals surface area contributed by atoms with E-state index >= 15 is 0 Å². The molecule has 0 saturated heterocycles. The molecule has 3 aromatic rings. The molecule has 0 spiro atoms. The van der Waals surface area contributed by atoms with Crippen LogP contribution in [0.1, 0.15) is 35.2 Å². The number of carboxylic acids is 1. The molecule has 29 heavy (non-hydrogen) atoms. The normalized spacial score (nSPS) is 11.8. The molecule has 0 aliphatic rings. The Bertz CT molecular complexity index is 889. The summed E-state index contributed by atoms with van der Waals surface area (Å²) in [6.45, 7) is 0. The quantitative estimate of drug-likeness (QED) is 0.558. The summed E-state index contributed by atoms with van der Waals surface area (Å²) in [5, 5.41) is 13.1. The zero-order valence-corrected chi connectivity index (χ0v) is 16.5. The van der Waals surface area contributed by atoms with Crippen LogP contribution >= 0.6 is 0 Å². The zero-order valence-electron chi connectivity index (χ0n) is 16.5. The number of carboxylic acid groups (broad SMARTS) is 1. The van der Waals surface area contributed by atoms with Gasteiger partial charge in [0.05, 0.1) is 26.7 Å². The highest BCUT2D eigenvalue weighted by molar-refractivity contribution is 5.68. The first-order chi connectivity index (χ1) is 14.1. The standard InChI is InChI=1S/C24H25NO4/c1-28-21-14-13-19(15-22(21)29-2)20(16-23(26)27)25-24(17-9-5-3-6-10-17)18-11-7-4-8-12-18/h3-15,20,24-25H,16H2,1-2H3,(H,26,27)/t20-/m0/s1. The van der Waals surface area contributed by atoms with Crippen molar-refractivity contribution in [2.24, 2.45) is 0 Å². The summed E-state index contributed by atoms with van der Waals surface area (Å²) >= 11 is 0. The van der Waals surface area contributed by atoms with Crippen LogP contribution in [0.4, 0.5) is 0 Å². The number of carbonyl (C=O) groups is 1. The minimum Gasteiger partial charge on any atom is -0.493 e. The minimum atomic E-state index is -0.878. The molecule has 0 saturated carbocycles. The fourth-order valence-electron chi connectivity index (χ4n) is 3.39. The molecular weight excluding hydrogens is 366 g/mol. The highest BCUT2D eigenvalue weighted by atomic mass is 16.5. The maximum atomic E-state index is 11.6. The molecule has 2 N–H and O–H groups in total. The Morgan fingerprint density at radius 3 is 1.86 bits per heavy atom. The highest BCUT2D eigenvalue weighted by Crippen LogP contribution is 2.33. The summed E-state index contributed by atoms with van der Waals surface area (Å²) < 4.78 is 10.7. The van der Waals surface area contributed by atoms with E-state index in [1.54, 1.807) is 20.3 Å². The third kappa shape index (κ3) is 5.15. The van der Waals surface area contributed by atoms with Gasteiger partial charge in [0.1, 0.15) is 0 Å². The van der Waals surface area contributed by atoms with Crippen LogP contribution in [0.15, 0.2) is 78.9 Å². The number of benzene rings is 3. The van der Waals surface area contributed by atoms with Crippen molar-refractivity contribution in [3.63, 3.8) is 0 Å². The lowest BCUT2D eigenvalue weighted by atomic mass is 9.95. The number of rotatable bonds is 9. The van der Waals surface area contributed by atoms with Crippen molar-refractivity contribution >= 4 is 5.97 Å². The fourth-order valence-corrected chi connectivity index (χ4v) is 3.39. The molecule has 3 aromatic carbocycles. The molecule has 0 unspecified atom stereocenters. The molecule has 0 fully saturated rings. The zero-order chi connectivity index (χ0) is 20.6. The lowest BCUT2D eigenvalue weighted by Crippen LogP contribution is -2.29. The number of ether oxygens (including phenoxy) is 2. The monoisotopic (exact) mass is 391 g/mol. The van der Waals surface area contributed by atoms with E-state index in [1.165, 1.54) is 0 Å². The van der Waals surface area contributed by atoms with E-state index < -0.39 is 12.0 Å². The molecule has 0 amide bonds. The lowest BCUT2D eigenvalue weighted by Gasteiger charge is -2.27. The largest absolute Gasteiger partial charge is 0.493 e. The van der Waals surface area contributed by atoms with Gasteiger partial charge in [-0.05, 0) is 28.8 Å². The second-order valence-electron chi connectivity index (χ2n) is 6.69. The van der Waals surface area contributed by atoms with Crippen LogP contribution in [-0.4, -0.2) is 25.3 Å². The number of hydrogen-bond donors (Lipinski definition) is 2. The van der Waals surface area contributed by atoms with Crippen molar-refractivity contribution in [1.29, 1.82) is 0 Å². The number of hydrogen-bond acceptors (Lipinski definition) is 4. The van der Waals surface area contributed by atoms with E-state index in [0.717, 1.165) is 16.7 Å². The van der Waals surface area contributed by atoms with Crippen LogP contribution in [-0.2, 0) is 4.79 Å². The van der Waals surface area contributed by atoms with E-state index in [0.29, 0.717) is 11.5 Å². The topological polar surface area (TPSA) is 67.8 Å². The summed E-state index contributed by atoms with van der Waals surface area (Å²) in [6.07, 6.45) is -0.0638. The van der Waals surface area contributed by atoms with Gasteiger partial charge in [0.15, 0.2) is 11.5 Å². The summed E-state index contributed by atoms with van der Waals surface area (Å²) in [5.41, 5.74) is 2.95. The van der Waals surface area contributed by atoms with Crippen molar-refractivity contribution in [2.75, 3.05) is 14.2 Å². The molecule has 0 aliphatic carbocycles. The van der Waals surface area contributed by atoms with Crippen molar-refractivity contribution in [3.05, 3.63) is 95.6 Å². The molecule has 0 aliphatic heterocycles. The third-order valence-electron chi connectivity index (χ3n) is 4.82. The van der Waals surface area contributed by atoms with Crippen LogP contribution in [0.5, 0.6) is 11.5 Å². The molecule has 5 heteroatoms. The van der Waals surface area contributed by atoms with Crippen molar-refractivity contribution in [2.45, 2.75) is 18.5 Å². The minimum absolute atomic E-state index is 0.0638. The van der Waals surface area contributed by atoms with Gasteiger partial charge in [0.25, 0.3) is 0 Å². The molecular formula is C24H25NO4. The smallest absolute Gasteiger partial charge is 0.305 e. The lowest BCUT2D eigenvalue weighted by molar-refractivity contribution is -0.137. The first-order valence-electron chi connectivity index (χ1n) is 9.42. The van der Waals surface area contributed by atoms with Gasteiger partial charge in [-0.3, -0.25) is 10.1 Å². The molecule has 0 bridgehead atoms. The second kappa shape index (κ2) is 9.75. The van der Waals surface area contributed by atoms with Crippen LogP contribution in [0.2, 0.25) is 0 Å². The molecule has 0 heterocycles. The first-order valence-corrected chi connectivity index (χ1v) is 9.42. The number of nitrogens with one attached hydrogen (secondary N) is 1. The van der Waals surface area contributed by atoms with Gasteiger partial charge in [0, 0.05) is 6.04 Å². The van der Waals surface area contributed by atoms with Crippen LogP contribution in [0.25, 0.3) is 0 Å². The molecule has 150 valence electrons. The summed E-state index contributed by atoms with van der Waals surface area (Å²) in [5.74, 6) is 0.295. The van der Waals surface area contributed by atoms with Crippen LogP contribution in [0.3, 0.4) is 0 Å². The predicted molar refractivity (Wildman–Crippen MR) is 112 cm³/mol. The molecule has 0 aromatic heterocycles. The Morgan fingerprint density at radius 2 is 1.38 bits per heavy atom. The summed E-state index contributed by atoms with van der Waals surface area (Å²) in [4.78, 5) is 11.6. The summed E-state index contributed by atoms with van der Waals surface area (Å²) in [6, 6.07) is 24.9. The maximum absolute atomic E-state index is 11.6. The Kier molecular flexibility index (Phi) is 6.87. The van der Waals surface area contributed by atoms with E-state index in [1.807, 2.05) is 72.8 Å². The van der Waals surface area contributed by atoms with E-state index in [2.05, 4.69) is 5.32 Å². The van der Waals surface area contributed by atoms with Gasteiger partial charge >= 0.3 is 5.97 Å². The van der Waals surface area contributed by atoms with E-state index in [-0.39, 0.29) is 12.5 Å². The Labute approximate surface area is 170 Å². The molecule has 5 nitrogen and oxygen atoms in total. The fraction of sp³-hybridized carbons (Fsp3) is 0.208. The van der Waals surface area contributed by atoms with Gasteiger partial charge in [0.2, 0.25) is 0 Å². The first kappa shape index (κ1) is 20.4. The highest BCUT2D eigenvalue weighted by Gasteiger charge is 2.23. The Balaban J connectivity index is 2.00. The Morgan fingerprint density at radius 1 is 0.828 bits per heavy atom. The predicted octanol–water partition coefficient (Wildman–Crippen LogP) is 4.60. The number of aliphatic carboxylic acids is 1. The van der Waals surface area contributed by atoms with Crippen LogP contribution in [0, 0.1) is 0 Å². The average molecular weight is 391 g/mol. The van der Waals surface area contributed by atoms with Crippen molar-refractivity contribution < 1.29 is 19.4 Å². The van der Waals surface area contributed by atoms with Gasteiger partial charge in [-0.25, -0.2) is 0 Å². The van der Waals surface area contributed by atoms with Gasteiger partial charge in [-0.2, -0.15) is 0 Å². The number of methoxy groups -OCH3 is 2. The van der Waals surface area contributed by atoms with Gasteiger partial charge in [-0.1, -0.05) is 66.7 Å². The Hall–Kier alpha value is -3.31. The molecule has 1 atom stereocenters. The van der Waals surface area contributed by atoms with Gasteiger partial charge in [-0.15, -0.1) is 0 Å². The third-order valence-corrected chi connectivity index (χ3v) is 4.82. The van der Waals surface area contributed by atoms with E-state index in [4.69, 9.17) is 9.47 Å². The SMILES string of the molecule is COc1ccc([C@H](CC(=O)O)NC(c2ccccc2)c2ccccc2)cc1OC. The van der Waals surface area contributed by atoms with Gasteiger partial charge < -0.3 is 14.6 Å². The average Bonchev–Trinajstić information content (AvgIpc) is 2.77. The van der Waals surface area contributed by atoms with Crippen LogP contribution < -0.4 is 14.8 Å². The summed E-state index contributed by atoms with van der Waals surface area (Å²) in [7, 11) is 3.14. The molecule has 3 rings (SSSR count). The second-order valence-corrected chi connectivity index (χ2v) is 6.69. The van der Waals surface area contributed by atoms with Crippen molar-refractivity contribution in [3.8, 4) is 11.5 Å². The van der Waals surface area contributed by atoms with Crippen molar-refractivity contribution in [1.82, 2.24) is 5.32 Å². The maximum Gasteiger partial charge on any atom is 0.305 e. The van der Waals surface area contributed by atoms with E-state index in [9.17, 15) is 9.90 Å². The molecule has 0 radical (unpaired) electrons.